The molecule has 0 saturated carbocycles. The van der Waals surface area contributed by atoms with Crippen LogP contribution in [-0.4, -0.2) is 37.5 Å². The lowest BCUT2D eigenvalue weighted by atomic mass is 10.1. The minimum atomic E-state index is -1.25. The van der Waals surface area contributed by atoms with E-state index in [1.165, 1.54) is 32.1 Å². The molecule has 2 aromatic rings. The molecule has 0 radical (unpaired) electrons. The maximum atomic E-state index is 12.6. The Kier molecular flexibility index (Phi) is 15.0. The van der Waals surface area contributed by atoms with E-state index in [0.29, 0.717) is 0 Å². The average molecular weight is 514 g/mol. The van der Waals surface area contributed by atoms with Crippen LogP contribution in [0.1, 0.15) is 69.4 Å². The lowest BCUT2D eigenvalue weighted by Gasteiger charge is -2.17. The first kappa shape index (κ1) is 29.7. The Morgan fingerprint density at radius 1 is 0.676 bits per heavy atom. The monoisotopic (exact) mass is 513 g/mol. The number of unbranched alkanes of at least 4 members (excludes halogenated alkanes) is 7. The second-order valence-corrected chi connectivity index (χ2v) is 8.74. The van der Waals surface area contributed by atoms with E-state index in [4.69, 9.17) is 18.9 Å². The Bertz CT molecular complexity index is 905. The van der Waals surface area contributed by atoms with Crippen molar-refractivity contribution in [2.24, 2.45) is 0 Å². The number of esters is 1. The van der Waals surface area contributed by atoms with E-state index in [1.807, 2.05) is 60.7 Å². The third-order valence-electron chi connectivity index (χ3n) is 5.60. The van der Waals surface area contributed by atoms with Gasteiger partial charge in [0.2, 0.25) is 0 Å². The molecule has 0 aliphatic carbocycles. The summed E-state index contributed by atoms with van der Waals surface area (Å²) >= 11 is 0. The van der Waals surface area contributed by atoms with E-state index < -0.39 is 30.9 Å². The van der Waals surface area contributed by atoms with Crippen molar-refractivity contribution in [3.05, 3.63) is 71.8 Å². The van der Waals surface area contributed by atoms with Gasteiger partial charge in [0.1, 0.15) is 19.8 Å². The molecule has 0 aliphatic heterocycles. The first-order valence-electron chi connectivity index (χ1n) is 13.1. The number of carbonyl (C=O) groups excluding carboxylic acids is 3. The minimum Gasteiger partial charge on any atom is -0.459 e. The SMILES string of the molecule is CCCCCCCCCCOC(=O)OCC(NC(=O)OCc1ccccc1)C(=O)OCc1ccccc1. The molecule has 2 rings (SSSR count). The van der Waals surface area contributed by atoms with E-state index >= 15 is 0 Å². The summed E-state index contributed by atoms with van der Waals surface area (Å²) in [6.07, 6.45) is 7.28. The molecule has 1 N–H and O–H groups in total. The highest BCUT2D eigenvalue weighted by atomic mass is 16.7. The van der Waals surface area contributed by atoms with Crippen LogP contribution in [0.15, 0.2) is 60.7 Å². The smallest absolute Gasteiger partial charge is 0.459 e. The zero-order valence-corrected chi connectivity index (χ0v) is 21.7. The molecule has 0 aromatic heterocycles. The number of alkyl carbamates (subject to hydrolysis) is 1. The molecule has 1 unspecified atom stereocenters. The van der Waals surface area contributed by atoms with E-state index in [2.05, 4.69) is 12.2 Å². The number of hydrogen-bond acceptors (Lipinski definition) is 7. The number of rotatable bonds is 17. The van der Waals surface area contributed by atoms with Crippen LogP contribution >= 0.6 is 0 Å². The van der Waals surface area contributed by atoms with Gasteiger partial charge in [-0.2, -0.15) is 0 Å². The molecule has 0 bridgehead atoms. The Morgan fingerprint density at radius 2 is 1.22 bits per heavy atom. The molecule has 202 valence electrons. The standard InChI is InChI=1S/C29H39NO7/c1-2-3-4-5-6-7-8-15-20-34-29(33)37-23-26(27(31)35-21-24-16-11-9-12-17-24)30-28(32)36-22-25-18-13-10-14-19-25/h9-14,16-19,26H,2-8,15,20-23H2,1H3,(H,30,32). The zero-order chi connectivity index (χ0) is 26.6. The summed E-state index contributed by atoms with van der Waals surface area (Å²) in [4.78, 5) is 36.9. The van der Waals surface area contributed by atoms with Crippen LogP contribution in [0.3, 0.4) is 0 Å². The summed E-state index contributed by atoms with van der Waals surface area (Å²) in [5, 5.41) is 2.42. The lowest BCUT2D eigenvalue weighted by molar-refractivity contribution is -0.148. The predicted molar refractivity (Wildman–Crippen MR) is 140 cm³/mol. The molecule has 37 heavy (non-hydrogen) atoms. The van der Waals surface area contributed by atoms with Crippen molar-refractivity contribution < 1.29 is 33.3 Å². The predicted octanol–water partition coefficient (Wildman–Crippen LogP) is 6.32. The number of ether oxygens (including phenoxy) is 4. The van der Waals surface area contributed by atoms with Gasteiger partial charge < -0.3 is 24.3 Å². The van der Waals surface area contributed by atoms with Gasteiger partial charge in [-0.1, -0.05) is 113 Å². The number of carbonyl (C=O) groups is 3. The molecular weight excluding hydrogens is 474 g/mol. The minimum absolute atomic E-state index is 0.0137. The molecule has 2 aromatic carbocycles. The molecule has 1 atom stereocenters. The second-order valence-electron chi connectivity index (χ2n) is 8.74. The van der Waals surface area contributed by atoms with E-state index in [-0.39, 0.29) is 19.8 Å². The van der Waals surface area contributed by atoms with Crippen molar-refractivity contribution >= 4 is 18.2 Å². The quantitative estimate of drug-likeness (QED) is 0.150. The second kappa shape index (κ2) is 18.7. The van der Waals surface area contributed by atoms with Gasteiger partial charge in [0.25, 0.3) is 0 Å². The van der Waals surface area contributed by atoms with Crippen LogP contribution in [0.5, 0.6) is 0 Å². The fourth-order valence-electron chi connectivity index (χ4n) is 3.49. The number of hydrogen-bond donors (Lipinski definition) is 1. The van der Waals surface area contributed by atoms with Crippen molar-refractivity contribution in [2.45, 2.75) is 77.5 Å². The van der Waals surface area contributed by atoms with Gasteiger partial charge in [-0.05, 0) is 17.5 Å². The summed E-state index contributed by atoms with van der Waals surface area (Å²) in [7, 11) is 0. The van der Waals surface area contributed by atoms with Crippen LogP contribution in [-0.2, 0) is 37.0 Å². The maximum absolute atomic E-state index is 12.6. The molecule has 1 amide bonds. The van der Waals surface area contributed by atoms with Gasteiger partial charge in [0, 0.05) is 0 Å². The van der Waals surface area contributed by atoms with Gasteiger partial charge in [-0.15, -0.1) is 0 Å². The van der Waals surface area contributed by atoms with Crippen LogP contribution in [0.4, 0.5) is 9.59 Å². The first-order valence-corrected chi connectivity index (χ1v) is 13.1. The number of benzene rings is 2. The van der Waals surface area contributed by atoms with Crippen LogP contribution < -0.4 is 5.32 Å². The van der Waals surface area contributed by atoms with Gasteiger partial charge in [-0.3, -0.25) is 0 Å². The highest BCUT2D eigenvalue weighted by molar-refractivity contribution is 5.81. The third-order valence-corrected chi connectivity index (χ3v) is 5.60. The average Bonchev–Trinajstić information content (AvgIpc) is 2.93. The largest absolute Gasteiger partial charge is 0.508 e. The van der Waals surface area contributed by atoms with Crippen molar-refractivity contribution in [3.63, 3.8) is 0 Å². The Hall–Kier alpha value is -3.55. The Morgan fingerprint density at radius 3 is 1.81 bits per heavy atom. The molecular formula is C29H39NO7. The summed E-state index contributed by atoms with van der Waals surface area (Å²) in [6.45, 7) is 2.04. The topological polar surface area (TPSA) is 100 Å². The molecule has 0 saturated heterocycles. The van der Waals surface area contributed by atoms with Crippen molar-refractivity contribution in [2.75, 3.05) is 13.2 Å². The van der Waals surface area contributed by atoms with Crippen molar-refractivity contribution in [1.82, 2.24) is 5.32 Å². The van der Waals surface area contributed by atoms with Crippen LogP contribution in [0, 0.1) is 0 Å². The molecule has 0 aliphatic rings. The zero-order valence-electron chi connectivity index (χ0n) is 21.7. The Labute approximate surface area is 219 Å². The molecule has 8 heteroatoms. The van der Waals surface area contributed by atoms with E-state index in [1.54, 1.807) is 0 Å². The third kappa shape index (κ3) is 13.9. The summed E-state index contributed by atoms with van der Waals surface area (Å²) < 4.78 is 20.7. The van der Waals surface area contributed by atoms with Gasteiger partial charge in [0.05, 0.1) is 6.61 Å². The fourth-order valence-corrected chi connectivity index (χ4v) is 3.49. The molecule has 0 fully saturated rings. The summed E-state index contributed by atoms with van der Waals surface area (Å²) in [5.41, 5.74) is 1.58. The van der Waals surface area contributed by atoms with Crippen molar-refractivity contribution in [1.29, 1.82) is 0 Å². The van der Waals surface area contributed by atoms with E-state index in [0.717, 1.165) is 30.4 Å². The van der Waals surface area contributed by atoms with Gasteiger partial charge in [-0.25, -0.2) is 14.4 Å². The number of nitrogens with one attached hydrogen (secondary N) is 1. The van der Waals surface area contributed by atoms with Crippen LogP contribution in [0.25, 0.3) is 0 Å². The molecule has 0 spiro atoms. The Balaban J connectivity index is 1.75. The van der Waals surface area contributed by atoms with Gasteiger partial charge in [0.15, 0.2) is 6.04 Å². The molecule has 0 heterocycles. The van der Waals surface area contributed by atoms with Crippen molar-refractivity contribution in [3.8, 4) is 0 Å². The normalized spacial score (nSPS) is 11.3. The highest BCUT2D eigenvalue weighted by Gasteiger charge is 2.25. The molecule has 8 nitrogen and oxygen atoms in total. The fraction of sp³-hybridized carbons (Fsp3) is 0.483. The highest BCUT2D eigenvalue weighted by Crippen LogP contribution is 2.09. The summed E-state index contributed by atoms with van der Waals surface area (Å²) in [6, 6.07) is 17.0. The van der Waals surface area contributed by atoms with E-state index in [9.17, 15) is 14.4 Å². The maximum Gasteiger partial charge on any atom is 0.508 e. The lowest BCUT2D eigenvalue weighted by Crippen LogP contribution is -2.45. The van der Waals surface area contributed by atoms with Crippen LogP contribution in [0.2, 0.25) is 0 Å². The number of amides is 1. The summed E-state index contributed by atoms with van der Waals surface area (Å²) in [5.74, 6) is -0.753. The first-order chi connectivity index (χ1) is 18.1. The van der Waals surface area contributed by atoms with Gasteiger partial charge >= 0.3 is 18.2 Å².